The molecular weight excluding hydrogens is 480 g/mol. The van der Waals surface area contributed by atoms with E-state index in [-0.39, 0.29) is 11.0 Å². The van der Waals surface area contributed by atoms with Crippen molar-refractivity contribution in [1.29, 1.82) is 0 Å². The Morgan fingerprint density at radius 2 is 1.89 bits per heavy atom. The van der Waals surface area contributed by atoms with Gasteiger partial charge in [0, 0.05) is 12.4 Å². The van der Waals surface area contributed by atoms with Gasteiger partial charge in [-0.3, -0.25) is 19.5 Å². The van der Waals surface area contributed by atoms with E-state index in [2.05, 4.69) is 36.8 Å². The molecule has 1 unspecified atom stereocenters. The van der Waals surface area contributed by atoms with Gasteiger partial charge in [-0.25, -0.2) is 9.97 Å². The molecule has 7 nitrogen and oxygen atoms in total. The highest BCUT2D eigenvalue weighted by Gasteiger charge is 2.46. The summed E-state index contributed by atoms with van der Waals surface area (Å²) in [5.74, 6) is -1.63. The molecule has 0 spiro atoms. The van der Waals surface area contributed by atoms with E-state index < -0.39 is 23.5 Å². The number of aromatic nitrogens is 3. The van der Waals surface area contributed by atoms with E-state index in [9.17, 15) is 14.7 Å². The van der Waals surface area contributed by atoms with Gasteiger partial charge in [-0.2, -0.15) is 0 Å². The molecule has 5 rings (SSSR count). The van der Waals surface area contributed by atoms with E-state index in [4.69, 9.17) is 4.98 Å². The number of aliphatic hydroxyl groups excluding tert-OH is 1. The van der Waals surface area contributed by atoms with Crippen LogP contribution < -0.4 is 4.90 Å². The van der Waals surface area contributed by atoms with Crippen molar-refractivity contribution >= 4 is 49.7 Å². The van der Waals surface area contributed by atoms with Crippen molar-refractivity contribution in [3.8, 4) is 0 Å². The lowest BCUT2D eigenvalue weighted by molar-refractivity contribution is -0.117. The number of fused-ring (bicyclic) bond motifs is 1. The van der Waals surface area contributed by atoms with Crippen LogP contribution in [0.25, 0.3) is 10.2 Å². The lowest BCUT2D eigenvalue weighted by atomic mass is 9.87. The van der Waals surface area contributed by atoms with Gasteiger partial charge in [0.05, 0.1) is 37.4 Å². The van der Waals surface area contributed by atoms with Crippen LogP contribution in [0.1, 0.15) is 58.3 Å². The molecule has 1 amide bonds. The lowest BCUT2D eigenvalue weighted by Crippen LogP contribution is -2.31. The minimum absolute atomic E-state index is 0.0180. The van der Waals surface area contributed by atoms with Crippen LogP contribution in [0.5, 0.6) is 0 Å². The van der Waals surface area contributed by atoms with Gasteiger partial charge in [0.2, 0.25) is 5.78 Å². The average Bonchev–Trinajstić information content (AvgIpc) is 3.46. The van der Waals surface area contributed by atoms with E-state index in [0.717, 1.165) is 20.8 Å². The minimum atomic E-state index is -0.854. The van der Waals surface area contributed by atoms with Crippen LogP contribution in [0.3, 0.4) is 0 Å². The van der Waals surface area contributed by atoms with Crippen molar-refractivity contribution in [3.05, 3.63) is 80.8 Å². The summed E-state index contributed by atoms with van der Waals surface area (Å²) in [5, 5.41) is 12.1. The maximum Gasteiger partial charge on any atom is 0.296 e. The molecule has 35 heavy (non-hydrogen) atoms. The van der Waals surface area contributed by atoms with Gasteiger partial charge in [-0.05, 0) is 48.6 Å². The largest absolute Gasteiger partial charge is 0.503 e. The van der Waals surface area contributed by atoms with Crippen molar-refractivity contribution < 1.29 is 14.7 Å². The van der Waals surface area contributed by atoms with Crippen LogP contribution in [0.15, 0.2) is 54.1 Å². The third-order valence-corrected chi connectivity index (χ3v) is 8.10. The number of benzene rings is 1. The Kier molecular flexibility index (Phi) is 5.56. The Balaban J connectivity index is 1.66. The molecule has 0 aliphatic carbocycles. The number of amides is 1. The van der Waals surface area contributed by atoms with Crippen LogP contribution in [-0.4, -0.2) is 31.7 Å². The second-order valence-corrected chi connectivity index (χ2v) is 11.7. The van der Waals surface area contributed by atoms with Crippen molar-refractivity contribution in [2.75, 3.05) is 4.90 Å². The molecule has 1 aromatic carbocycles. The number of hydrogen-bond donors (Lipinski definition) is 1. The second kappa shape index (κ2) is 8.35. The van der Waals surface area contributed by atoms with Crippen molar-refractivity contribution in [3.63, 3.8) is 0 Å². The van der Waals surface area contributed by atoms with Crippen LogP contribution >= 0.6 is 22.7 Å². The molecule has 0 saturated heterocycles. The first-order valence-corrected chi connectivity index (χ1v) is 12.8. The molecule has 0 saturated carbocycles. The maximum absolute atomic E-state index is 13.7. The molecule has 3 aromatic heterocycles. The van der Waals surface area contributed by atoms with Gasteiger partial charge in [0.1, 0.15) is 0 Å². The number of hydrogen-bond acceptors (Lipinski definition) is 8. The highest BCUT2D eigenvalue weighted by atomic mass is 32.1. The topological polar surface area (TPSA) is 96.3 Å². The molecular formula is C26H24N4O3S2. The Labute approximate surface area is 210 Å². The molecule has 0 radical (unpaired) electrons. The van der Waals surface area contributed by atoms with Crippen LogP contribution in [0.4, 0.5) is 5.13 Å². The SMILES string of the molecule is Cc1nc(C)c(C(=O)C2=C(O)C(=O)N(c3nc4ccc(C(C)(C)C)cc4s3)C2c2cccnc2)s1. The number of carbonyl (C=O) groups is 2. The zero-order chi connectivity index (χ0) is 25.1. The van der Waals surface area contributed by atoms with E-state index in [1.54, 1.807) is 31.5 Å². The van der Waals surface area contributed by atoms with Crippen molar-refractivity contribution in [2.45, 2.75) is 46.1 Å². The number of aliphatic hydroxyl groups is 1. The van der Waals surface area contributed by atoms with Crippen molar-refractivity contribution in [2.24, 2.45) is 0 Å². The number of nitrogens with zero attached hydrogens (tertiary/aromatic N) is 4. The van der Waals surface area contributed by atoms with Crippen molar-refractivity contribution in [1.82, 2.24) is 15.0 Å². The maximum atomic E-state index is 13.7. The van der Waals surface area contributed by atoms with Gasteiger partial charge < -0.3 is 5.11 Å². The summed E-state index contributed by atoms with van der Waals surface area (Å²) in [6.07, 6.45) is 3.23. The molecule has 4 aromatic rings. The molecule has 9 heteroatoms. The predicted octanol–water partition coefficient (Wildman–Crippen LogP) is 5.85. The third-order valence-electron chi connectivity index (χ3n) is 6.01. The molecule has 0 fully saturated rings. The standard InChI is InChI=1S/C26H24N4O3S2/c1-13-23(34-14(2)28-13)21(31)19-20(15-7-6-10-27-12-15)30(24(33)22(19)32)25-29-17-9-8-16(26(3,4)5)11-18(17)35-25/h6-12,20,32H,1-5H3. The van der Waals surface area contributed by atoms with Gasteiger partial charge in [0.15, 0.2) is 10.9 Å². The smallest absolute Gasteiger partial charge is 0.296 e. The molecule has 1 aliphatic heterocycles. The highest BCUT2D eigenvalue weighted by Crippen LogP contribution is 2.45. The van der Waals surface area contributed by atoms with Crippen LogP contribution in [-0.2, 0) is 10.2 Å². The lowest BCUT2D eigenvalue weighted by Gasteiger charge is -2.24. The zero-order valence-corrected chi connectivity index (χ0v) is 21.6. The van der Waals surface area contributed by atoms with E-state index >= 15 is 0 Å². The summed E-state index contributed by atoms with van der Waals surface area (Å²) in [4.78, 5) is 42.2. The Morgan fingerprint density at radius 1 is 1.11 bits per heavy atom. The first kappa shape index (κ1) is 23.3. The fourth-order valence-electron chi connectivity index (χ4n) is 4.23. The first-order valence-electron chi connectivity index (χ1n) is 11.1. The number of Topliss-reactive ketones (excluding diaryl/α,β-unsaturated/α-hetero) is 1. The summed E-state index contributed by atoms with van der Waals surface area (Å²) in [5.41, 5.74) is 3.08. The molecule has 4 heterocycles. The van der Waals surface area contributed by atoms with Crippen LogP contribution in [0, 0.1) is 13.8 Å². The predicted molar refractivity (Wildman–Crippen MR) is 138 cm³/mol. The molecule has 178 valence electrons. The quantitative estimate of drug-likeness (QED) is 0.351. The van der Waals surface area contributed by atoms with Gasteiger partial charge in [0.25, 0.3) is 5.91 Å². The van der Waals surface area contributed by atoms with Crippen LogP contribution in [0.2, 0.25) is 0 Å². The number of rotatable bonds is 4. The highest BCUT2D eigenvalue weighted by molar-refractivity contribution is 7.22. The number of ketones is 1. The summed E-state index contributed by atoms with van der Waals surface area (Å²) >= 11 is 2.61. The number of pyridine rings is 1. The molecule has 1 aliphatic rings. The van der Waals surface area contributed by atoms with E-state index in [1.807, 2.05) is 19.1 Å². The normalized spacial score (nSPS) is 16.5. The summed E-state index contributed by atoms with van der Waals surface area (Å²) in [6.45, 7) is 9.99. The van der Waals surface area contributed by atoms with Gasteiger partial charge >= 0.3 is 0 Å². The number of thiazole rings is 2. The number of aryl methyl sites for hydroxylation is 2. The van der Waals surface area contributed by atoms with Gasteiger partial charge in [-0.15, -0.1) is 11.3 Å². The summed E-state index contributed by atoms with van der Waals surface area (Å²) in [6, 6.07) is 8.74. The zero-order valence-electron chi connectivity index (χ0n) is 20.0. The van der Waals surface area contributed by atoms with Gasteiger partial charge in [-0.1, -0.05) is 44.2 Å². The third kappa shape index (κ3) is 3.94. The van der Waals surface area contributed by atoms with E-state index in [0.29, 0.717) is 21.3 Å². The minimum Gasteiger partial charge on any atom is -0.503 e. The monoisotopic (exact) mass is 504 g/mol. The number of anilines is 1. The molecule has 1 N–H and O–H groups in total. The Morgan fingerprint density at radius 3 is 2.51 bits per heavy atom. The molecule has 1 atom stereocenters. The fourth-order valence-corrected chi connectivity index (χ4v) is 6.14. The Hall–Kier alpha value is -3.43. The summed E-state index contributed by atoms with van der Waals surface area (Å²) in [7, 11) is 0. The Bertz CT molecular complexity index is 1510. The molecule has 0 bridgehead atoms. The average molecular weight is 505 g/mol. The summed E-state index contributed by atoms with van der Waals surface area (Å²) < 4.78 is 0.929. The van der Waals surface area contributed by atoms with E-state index in [1.165, 1.54) is 27.6 Å². The fraction of sp³-hybridized carbons (Fsp3) is 0.269. The first-order chi connectivity index (χ1) is 16.6. The number of carbonyl (C=O) groups excluding carboxylic acids is 2. The second-order valence-electron chi connectivity index (χ2n) is 9.53.